The molecule has 33 heavy (non-hydrogen) atoms. The summed E-state index contributed by atoms with van der Waals surface area (Å²) in [5.74, 6) is 1.09. The monoisotopic (exact) mass is 454 g/mol. The van der Waals surface area contributed by atoms with E-state index in [0.717, 1.165) is 56.1 Å². The summed E-state index contributed by atoms with van der Waals surface area (Å²) in [5.41, 5.74) is 2.26. The summed E-state index contributed by atoms with van der Waals surface area (Å²) in [6.45, 7) is 5.85. The number of piperidine rings is 1. The second-order valence-electron chi connectivity index (χ2n) is 10.7. The van der Waals surface area contributed by atoms with Crippen LogP contribution in [0.1, 0.15) is 58.1 Å². The van der Waals surface area contributed by atoms with Gasteiger partial charge in [0.05, 0.1) is 42.6 Å². The normalized spacial score (nSPS) is 32.8. The molecule has 4 unspecified atom stereocenters. The first-order valence-corrected chi connectivity index (χ1v) is 12.9. The van der Waals surface area contributed by atoms with E-state index in [1.807, 2.05) is 6.20 Å². The van der Waals surface area contributed by atoms with E-state index in [1.54, 1.807) is 0 Å². The number of hydrogen-bond donors (Lipinski definition) is 0. The zero-order valence-corrected chi connectivity index (χ0v) is 20.3. The molecule has 4 aliphatic heterocycles. The van der Waals surface area contributed by atoms with Crippen molar-refractivity contribution in [3.8, 4) is 0 Å². The molecular formula is C25H38N6O2. The Hall–Kier alpha value is -1.90. The highest BCUT2D eigenvalue weighted by Gasteiger charge is 2.39. The molecule has 4 aliphatic rings. The average molecular weight is 455 g/mol. The van der Waals surface area contributed by atoms with Crippen molar-refractivity contribution in [1.29, 1.82) is 0 Å². The van der Waals surface area contributed by atoms with Crippen LogP contribution in [0, 0.1) is 0 Å². The molecule has 0 aromatic carbocycles. The Labute approximate surface area is 196 Å². The van der Waals surface area contributed by atoms with E-state index in [2.05, 4.69) is 46.5 Å². The maximum absolute atomic E-state index is 6.13. The number of hydrogen-bond acceptors (Lipinski definition) is 7. The molecule has 4 saturated heterocycles. The van der Waals surface area contributed by atoms with Crippen molar-refractivity contribution >= 4 is 22.5 Å². The number of morpholine rings is 1. The van der Waals surface area contributed by atoms with Gasteiger partial charge in [0.1, 0.15) is 5.82 Å². The van der Waals surface area contributed by atoms with Gasteiger partial charge in [-0.2, -0.15) is 5.10 Å². The van der Waals surface area contributed by atoms with Crippen molar-refractivity contribution in [2.45, 2.75) is 82.3 Å². The highest BCUT2D eigenvalue weighted by atomic mass is 16.5. The van der Waals surface area contributed by atoms with Crippen molar-refractivity contribution in [3.63, 3.8) is 0 Å². The van der Waals surface area contributed by atoms with E-state index in [-0.39, 0.29) is 6.23 Å². The van der Waals surface area contributed by atoms with E-state index in [0.29, 0.717) is 24.2 Å². The van der Waals surface area contributed by atoms with Crippen LogP contribution in [0.3, 0.4) is 0 Å². The van der Waals surface area contributed by atoms with Crippen LogP contribution < -0.4 is 9.80 Å². The lowest BCUT2D eigenvalue weighted by atomic mass is 9.96. The predicted molar refractivity (Wildman–Crippen MR) is 130 cm³/mol. The van der Waals surface area contributed by atoms with Gasteiger partial charge in [-0.1, -0.05) is 0 Å². The summed E-state index contributed by atoms with van der Waals surface area (Å²) in [6, 6.07) is 4.32. The highest BCUT2D eigenvalue weighted by Crippen LogP contribution is 2.40. The van der Waals surface area contributed by atoms with E-state index in [9.17, 15) is 0 Å². The lowest BCUT2D eigenvalue weighted by Gasteiger charge is -2.42. The minimum absolute atomic E-state index is 0.00911. The Morgan fingerprint density at radius 3 is 2.58 bits per heavy atom. The van der Waals surface area contributed by atoms with Gasteiger partial charge < -0.3 is 24.2 Å². The van der Waals surface area contributed by atoms with Crippen LogP contribution in [0.15, 0.2) is 12.3 Å². The standard InChI is InChI=1S/C25H38N6O2/c1-17-12-18(28(2)3)9-10-29(17)22-13-23(30-19-7-8-20(30)16-32-15-19)27-25-21(22)14-26-31(25)24-6-4-5-11-33-24/h13-14,17-20,24H,4-12,15-16H2,1-3H3/t17-,18?,19?,20?,24?/m1/s1. The van der Waals surface area contributed by atoms with Crippen LogP contribution in [-0.2, 0) is 9.47 Å². The highest BCUT2D eigenvalue weighted by molar-refractivity contribution is 5.92. The first-order valence-electron chi connectivity index (χ1n) is 12.9. The lowest BCUT2D eigenvalue weighted by molar-refractivity contribution is -0.0370. The molecule has 2 aromatic heterocycles. The van der Waals surface area contributed by atoms with Gasteiger partial charge >= 0.3 is 0 Å². The molecule has 180 valence electrons. The summed E-state index contributed by atoms with van der Waals surface area (Å²) >= 11 is 0. The summed E-state index contributed by atoms with van der Waals surface area (Å²) in [4.78, 5) is 12.8. The van der Waals surface area contributed by atoms with E-state index in [4.69, 9.17) is 19.6 Å². The Kier molecular flexibility index (Phi) is 5.71. The summed E-state index contributed by atoms with van der Waals surface area (Å²) in [6.07, 6.45) is 10.1. The van der Waals surface area contributed by atoms with Gasteiger partial charge in [0.25, 0.3) is 0 Å². The molecule has 4 fully saturated rings. The molecule has 8 heteroatoms. The van der Waals surface area contributed by atoms with Gasteiger partial charge in [-0.15, -0.1) is 0 Å². The molecule has 6 heterocycles. The fourth-order valence-corrected chi connectivity index (χ4v) is 6.46. The van der Waals surface area contributed by atoms with Crippen LogP contribution in [-0.4, -0.2) is 84.3 Å². The predicted octanol–water partition coefficient (Wildman–Crippen LogP) is 3.42. The maximum atomic E-state index is 6.13. The maximum Gasteiger partial charge on any atom is 0.164 e. The fraction of sp³-hybridized carbons (Fsp3) is 0.760. The molecule has 2 bridgehead atoms. The van der Waals surface area contributed by atoms with E-state index < -0.39 is 0 Å². The Balaban J connectivity index is 1.43. The molecule has 0 spiro atoms. The van der Waals surface area contributed by atoms with Gasteiger partial charge in [0.15, 0.2) is 11.9 Å². The SMILES string of the molecule is C[C@@H]1CC(N(C)C)CCN1c1cc(N2C3CCC2COC3)nc2c1cnn2C1CCCCO1. The van der Waals surface area contributed by atoms with E-state index >= 15 is 0 Å². The Morgan fingerprint density at radius 1 is 1.06 bits per heavy atom. The zero-order valence-electron chi connectivity index (χ0n) is 20.3. The second-order valence-corrected chi connectivity index (χ2v) is 10.7. The van der Waals surface area contributed by atoms with Crippen molar-refractivity contribution < 1.29 is 9.47 Å². The number of fused-ring (bicyclic) bond motifs is 3. The molecule has 0 saturated carbocycles. The number of rotatable bonds is 4. The summed E-state index contributed by atoms with van der Waals surface area (Å²) in [5, 5.41) is 5.99. The topological polar surface area (TPSA) is 58.9 Å². The van der Waals surface area contributed by atoms with Crippen LogP contribution in [0.5, 0.6) is 0 Å². The zero-order chi connectivity index (χ0) is 22.5. The van der Waals surface area contributed by atoms with Crippen LogP contribution in [0.2, 0.25) is 0 Å². The first-order chi connectivity index (χ1) is 16.1. The van der Waals surface area contributed by atoms with Crippen molar-refractivity contribution in [2.75, 3.05) is 50.3 Å². The van der Waals surface area contributed by atoms with E-state index in [1.165, 1.54) is 37.8 Å². The third-order valence-corrected chi connectivity index (χ3v) is 8.35. The number of anilines is 2. The lowest BCUT2D eigenvalue weighted by Crippen LogP contribution is -2.48. The van der Waals surface area contributed by atoms with Gasteiger partial charge in [0.2, 0.25) is 0 Å². The minimum atomic E-state index is -0.00911. The molecule has 8 nitrogen and oxygen atoms in total. The molecule has 0 radical (unpaired) electrons. The Bertz CT molecular complexity index is 971. The number of pyridine rings is 1. The van der Waals surface area contributed by atoms with Gasteiger partial charge in [-0.3, -0.25) is 0 Å². The minimum Gasteiger partial charge on any atom is -0.377 e. The third-order valence-electron chi connectivity index (χ3n) is 8.35. The molecule has 6 rings (SSSR count). The van der Waals surface area contributed by atoms with Gasteiger partial charge in [-0.25, -0.2) is 9.67 Å². The molecule has 0 amide bonds. The fourth-order valence-electron chi connectivity index (χ4n) is 6.46. The quantitative estimate of drug-likeness (QED) is 0.702. The molecule has 0 N–H and O–H groups in total. The second kappa shape index (κ2) is 8.71. The molecule has 0 aliphatic carbocycles. The third kappa shape index (κ3) is 3.80. The van der Waals surface area contributed by atoms with Crippen molar-refractivity contribution in [1.82, 2.24) is 19.7 Å². The first kappa shape index (κ1) is 21.6. The molecule has 2 aromatic rings. The number of ether oxygens (including phenoxy) is 2. The van der Waals surface area contributed by atoms with Gasteiger partial charge in [0, 0.05) is 31.3 Å². The summed E-state index contributed by atoms with van der Waals surface area (Å²) < 4.78 is 14.1. The Morgan fingerprint density at radius 2 is 1.88 bits per heavy atom. The molecular weight excluding hydrogens is 416 g/mol. The number of aromatic nitrogens is 3. The van der Waals surface area contributed by atoms with Crippen molar-refractivity contribution in [3.05, 3.63) is 12.3 Å². The average Bonchev–Trinajstić information content (AvgIpc) is 3.36. The van der Waals surface area contributed by atoms with Gasteiger partial charge in [-0.05, 0) is 66.0 Å². The summed E-state index contributed by atoms with van der Waals surface area (Å²) in [7, 11) is 4.41. The number of nitrogens with zero attached hydrogens (tertiary/aromatic N) is 6. The van der Waals surface area contributed by atoms with Crippen molar-refractivity contribution in [2.24, 2.45) is 0 Å². The smallest absolute Gasteiger partial charge is 0.164 e. The van der Waals surface area contributed by atoms with Crippen LogP contribution >= 0.6 is 0 Å². The van der Waals surface area contributed by atoms with Crippen LogP contribution in [0.4, 0.5) is 11.5 Å². The molecule has 5 atom stereocenters. The largest absolute Gasteiger partial charge is 0.377 e. The van der Waals surface area contributed by atoms with Crippen LogP contribution in [0.25, 0.3) is 11.0 Å².